The molecule has 1 saturated heterocycles. The first-order chi connectivity index (χ1) is 8.61. The topological polar surface area (TPSA) is 38.5 Å². The lowest BCUT2D eigenvalue weighted by Crippen LogP contribution is -2.46. The number of benzene rings is 1. The van der Waals surface area contributed by atoms with Gasteiger partial charge in [0.1, 0.15) is 0 Å². The summed E-state index contributed by atoms with van der Waals surface area (Å²) in [5.74, 6) is 0. The summed E-state index contributed by atoms with van der Waals surface area (Å²) in [5, 5.41) is 0. The Hall–Kier alpha value is -0.900. The van der Waals surface area contributed by atoms with E-state index in [1.165, 1.54) is 16.7 Å². The molecule has 0 bridgehead atoms. The van der Waals surface area contributed by atoms with Crippen molar-refractivity contribution >= 4 is 0 Å². The van der Waals surface area contributed by atoms with Gasteiger partial charge in [0.05, 0.1) is 18.8 Å². The highest BCUT2D eigenvalue weighted by Gasteiger charge is 2.26. The highest BCUT2D eigenvalue weighted by molar-refractivity contribution is 5.33. The van der Waals surface area contributed by atoms with E-state index in [0.717, 1.165) is 26.2 Å². The SMILES string of the molecule is CCN1CCOC(C(N)c2cc(C)ccc2C)C1. The predicted octanol–water partition coefficient (Wildman–Crippen LogP) is 2.02. The van der Waals surface area contributed by atoms with Crippen molar-refractivity contribution in [3.05, 3.63) is 34.9 Å². The molecule has 2 atom stereocenters. The minimum absolute atomic E-state index is 0.0285. The van der Waals surface area contributed by atoms with Gasteiger partial charge in [0.2, 0.25) is 0 Å². The van der Waals surface area contributed by atoms with Crippen molar-refractivity contribution < 1.29 is 4.74 Å². The molecule has 0 aliphatic carbocycles. The minimum atomic E-state index is -0.0285. The van der Waals surface area contributed by atoms with E-state index in [1.54, 1.807) is 0 Å². The number of hydrogen-bond donors (Lipinski definition) is 1. The summed E-state index contributed by atoms with van der Waals surface area (Å²) < 4.78 is 5.85. The monoisotopic (exact) mass is 248 g/mol. The third-order valence-electron chi connectivity index (χ3n) is 3.82. The van der Waals surface area contributed by atoms with Crippen LogP contribution in [0.25, 0.3) is 0 Å². The zero-order chi connectivity index (χ0) is 13.1. The van der Waals surface area contributed by atoms with Crippen molar-refractivity contribution in [2.24, 2.45) is 5.73 Å². The van der Waals surface area contributed by atoms with E-state index in [2.05, 4.69) is 43.9 Å². The van der Waals surface area contributed by atoms with Gasteiger partial charge in [-0.3, -0.25) is 4.90 Å². The zero-order valence-electron chi connectivity index (χ0n) is 11.6. The van der Waals surface area contributed by atoms with Crippen LogP contribution >= 0.6 is 0 Å². The lowest BCUT2D eigenvalue weighted by molar-refractivity contribution is -0.0393. The van der Waals surface area contributed by atoms with E-state index in [-0.39, 0.29) is 12.1 Å². The number of rotatable bonds is 3. The first kappa shape index (κ1) is 13.5. The Balaban J connectivity index is 2.14. The molecule has 0 saturated carbocycles. The molecule has 1 fully saturated rings. The molecule has 3 nitrogen and oxygen atoms in total. The molecule has 0 spiro atoms. The second kappa shape index (κ2) is 5.83. The number of morpholine rings is 1. The molecule has 2 rings (SSSR count). The molecule has 1 aromatic carbocycles. The van der Waals surface area contributed by atoms with Gasteiger partial charge in [-0.2, -0.15) is 0 Å². The van der Waals surface area contributed by atoms with Crippen LogP contribution in [-0.2, 0) is 4.74 Å². The standard InChI is InChI=1S/C15H24N2O/c1-4-17-7-8-18-14(10-17)15(16)13-9-11(2)5-6-12(13)3/h5-6,9,14-15H,4,7-8,10,16H2,1-3H3. The highest BCUT2D eigenvalue weighted by atomic mass is 16.5. The van der Waals surface area contributed by atoms with E-state index >= 15 is 0 Å². The first-order valence-electron chi connectivity index (χ1n) is 6.78. The molecule has 18 heavy (non-hydrogen) atoms. The van der Waals surface area contributed by atoms with Crippen LogP contribution in [-0.4, -0.2) is 37.2 Å². The summed E-state index contributed by atoms with van der Waals surface area (Å²) in [6.07, 6.45) is 0.110. The fourth-order valence-electron chi connectivity index (χ4n) is 2.56. The second-order valence-electron chi connectivity index (χ2n) is 5.19. The molecule has 1 heterocycles. The third kappa shape index (κ3) is 2.91. The molecule has 1 aliphatic heterocycles. The Kier molecular flexibility index (Phi) is 4.38. The molecule has 1 aliphatic rings. The highest BCUT2D eigenvalue weighted by Crippen LogP contribution is 2.24. The Morgan fingerprint density at radius 1 is 1.44 bits per heavy atom. The van der Waals surface area contributed by atoms with Gasteiger partial charge in [-0.1, -0.05) is 30.7 Å². The number of hydrogen-bond acceptors (Lipinski definition) is 3. The van der Waals surface area contributed by atoms with E-state index in [9.17, 15) is 0 Å². The molecular formula is C15H24N2O. The largest absolute Gasteiger partial charge is 0.374 e. The lowest BCUT2D eigenvalue weighted by atomic mass is 9.95. The molecule has 2 unspecified atom stereocenters. The summed E-state index contributed by atoms with van der Waals surface area (Å²) >= 11 is 0. The van der Waals surface area contributed by atoms with Crippen LogP contribution < -0.4 is 5.73 Å². The van der Waals surface area contributed by atoms with Gasteiger partial charge < -0.3 is 10.5 Å². The van der Waals surface area contributed by atoms with Crippen molar-refractivity contribution in [2.45, 2.75) is 32.9 Å². The summed E-state index contributed by atoms with van der Waals surface area (Å²) in [5.41, 5.74) is 10.1. The Morgan fingerprint density at radius 3 is 2.94 bits per heavy atom. The molecular weight excluding hydrogens is 224 g/mol. The van der Waals surface area contributed by atoms with Crippen LogP contribution in [0.5, 0.6) is 0 Å². The molecule has 0 amide bonds. The van der Waals surface area contributed by atoms with Gasteiger partial charge in [-0.15, -0.1) is 0 Å². The number of nitrogens with zero attached hydrogens (tertiary/aromatic N) is 1. The molecule has 0 aromatic heterocycles. The quantitative estimate of drug-likeness (QED) is 0.889. The number of aryl methyl sites for hydroxylation is 2. The van der Waals surface area contributed by atoms with Crippen molar-refractivity contribution in [3.63, 3.8) is 0 Å². The number of likely N-dealkylation sites (N-methyl/N-ethyl adjacent to an activating group) is 1. The fraction of sp³-hybridized carbons (Fsp3) is 0.600. The van der Waals surface area contributed by atoms with Gasteiger partial charge in [0.25, 0.3) is 0 Å². The minimum Gasteiger partial charge on any atom is -0.374 e. The summed E-state index contributed by atoms with van der Waals surface area (Å²) in [7, 11) is 0. The van der Waals surface area contributed by atoms with E-state index < -0.39 is 0 Å². The van der Waals surface area contributed by atoms with E-state index in [4.69, 9.17) is 10.5 Å². The molecule has 2 N–H and O–H groups in total. The molecule has 1 aromatic rings. The maximum absolute atomic E-state index is 6.40. The smallest absolute Gasteiger partial charge is 0.0894 e. The maximum Gasteiger partial charge on any atom is 0.0894 e. The third-order valence-corrected chi connectivity index (χ3v) is 3.82. The van der Waals surface area contributed by atoms with Gasteiger partial charge in [0.15, 0.2) is 0 Å². The Morgan fingerprint density at radius 2 is 2.22 bits per heavy atom. The van der Waals surface area contributed by atoms with E-state index in [1.807, 2.05) is 0 Å². The molecule has 3 heteroatoms. The van der Waals surface area contributed by atoms with Crippen LogP contribution in [0.15, 0.2) is 18.2 Å². The van der Waals surface area contributed by atoms with Gasteiger partial charge in [-0.25, -0.2) is 0 Å². The lowest BCUT2D eigenvalue weighted by Gasteiger charge is -2.35. The summed E-state index contributed by atoms with van der Waals surface area (Å²) in [4.78, 5) is 2.40. The van der Waals surface area contributed by atoms with Crippen molar-refractivity contribution in [1.82, 2.24) is 4.90 Å². The predicted molar refractivity (Wildman–Crippen MR) is 74.7 cm³/mol. The molecule has 0 radical (unpaired) electrons. The van der Waals surface area contributed by atoms with Crippen LogP contribution in [0.4, 0.5) is 0 Å². The zero-order valence-corrected chi connectivity index (χ0v) is 11.6. The number of nitrogens with two attached hydrogens (primary N) is 1. The van der Waals surface area contributed by atoms with Gasteiger partial charge >= 0.3 is 0 Å². The summed E-state index contributed by atoms with van der Waals surface area (Å²) in [6.45, 7) is 10.2. The Bertz CT molecular complexity index is 405. The van der Waals surface area contributed by atoms with Gasteiger partial charge in [-0.05, 0) is 31.5 Å². The average molecular weight is 248 g/mol. The van der Waals surface area contributed by atoms with E-state index in [0.29, 0.717) is 0 Å². The van der Waals surface area contributed by atoms with Crippen LogP contribution in [0.3, 0.4) is 0 Å². The maximum atomic E-state index is 6.40. The molecule has 100 valence electrons. The second-order valence-corrected chi connectivity index (χ2v) is 5.19. The number of ether oxygens (including phenoxy) is 1. The van der Waals surface area contributed by atoms with Gasteiger partial charge in [0, 0.05) is 13.1 Å². The van der Waals surface area contributed by atoms with Crippen LogP contribution in [0.2, 0.25) is 0 Å². The van der Waals surface area contributed by atoms with Crippen LogP contribution in [0, 0.1) is 13.8 Å². The fourth-order valence-corrected chi connectivity index (χ4v) is 2.56. The first-order valence-corrected chi connectivity index (χ1v) is 6.78. The van der Waals surface area contributed by atoms with Crippen molar-refractivity contribution in [3.8, 4) is 0 Å². The normalized spacial score (nSPS) is 23.0. The summed E-state index contributed by atoms with van der Waals surface area (Å²) in [6, 6.07) is 6.43. The Labute approximate surface area is 110 Å². The van der Waals surface area contributed by atoms with Crippen LogP contribution in [0.1, 0.15) is 29.7 Å². The van der Waals surface area contributed by atoms with Crippen molar-refractivity contribution in [2.75, 3.05) is 26.2 Å². The van der Waals surface area contributed by atoms with Crippen molar-refractivity contribution in [1.29, 1.82) is 0 Å². The average Bonchev–Trinajstić information content (AvgIpc) is 2.41.